The van der Waals surface area contributed by atoms with Gasteiger partial charge in [-0.15, -0.1) is 0 Å². The first-order valence-corrected chi connectivity index (χ1v) is 5.16. The second-order valence-electron chi connectivity index (χ2n) is 3.96. The Morgan fingerprint density at radius 2 is 2.00 bits per heavy atom. The Bertz CT molecular complexity index is 491. The summed E-state index contributed by atoms with van der Waals surface area (Å²) in [6.45, 7) is 0. The molecule has 2 N–H and O–H groups in total. The molecule has 2 nitrogen and oxygen atoms in total. The number of alkyl halides is 2. The summed E-state index contributed by atoms with van der Waals surface area (Å²) >= 11 is 0. The van der Waals surface area contributed by atoms with Crippen molar-refractivity contribution in [1.82, 2.24) is 4.57 Å². The summed E-state index contributed by atoms with van der Waals surface area (Å²) in [7, 11) is 1.87. The molecule has 1 aromatic heterocycles. The van der Waals surface area contributed by atoms with Gasteiger partial charge < -0.3 is 10.3 Å². The van der Waals surface area contributed by atoms with Gasteiger partial charge in [-0.25, -0.2) is 8.78 Å². The third-order valence-electron chi connectivity index (χ3n) is 2.82. The summed E-state index contributed by atoms with van der Waals surface area (Å²) in [5, 5.41) is 1.06. The van der Waals surface area contributed by atoms with E-state index in [0.29, 0.717) is 0 Å². The summed E-state index contributed by atoms with van der Waals surface area (Å²) in [5.74, 6) is 0. The van der Waals surface area contributed by atoms with Gasteiger partial charge >= 0.3 is 0 Å². The van der Waals surface area contributed by atoms with Crippen LogP contribution in [0.5, 0.6) is 0 Å². The van der Waals surface area contributed by atoms with Crippen molar-refractivity contribution in [2.75, 3.05) is 0 Å². The molecule has 2 aromatic rings. The Labute approximate surface area is 92.7 Å². The lowest BCUT2D eigenvalue weighted by atomic mass is 10.1. The fraction of sp³-hybridized carbons (Fsp3) is 0.333. The van der Waals surface area contributed by atoms with Crippen LogP contribution < -0.4 is 5.73 Å². The topological polar surface area (TPSA) is 30.9 Å². The standard InChI is InChI=1S/C12H14F2N2/c1-16-9(7-10(15)12(13)14)6-8-4-2-3-5-11(8)16/h2-6,10,12H,7,15H2,1H3. The highest BCUT2D eigenvalue weighted by Crippen LogP contribution is 2.19. The number of aromatic nitrogens is 1. The Kier molecular flexibility index (Phi) is 2.92. The van der Waals surface area contributed by atoms with E-state index in [2.05, 4.69) is 0 Å². The summed E-state index contributed by atoms with van der Waals surface area (Å²) in [4.78, 5) is 0. The molecule has 1 unspecified atom stereocenters. The van der Waals surface area contributed by atoms with Gasteiger partial charge in [0.25, 0.3) is 6.43 Å². The minimum Gasteiger partial charge on any atom is -0.348 e. The second kappa shape index (κ2) is 4.22. The highest BCUT2D eigenvalue weighted by molar-refractivity contribution is 5.81. The third kappa shape index (κ3) is 1.93. The molecule has 0 spiro atoms. The quantitative estimate of drug-likeness (QED) is 0.852. The van der Waals surface area contributed by atoms with Crippen LogP contribution in [0.4, 0.5) is 8.78 Å². The number of fused-ring (bicyclic) bond motifs is 1. The summed E-state index contributed by atoms with van der Waals surface area (Å²) < 4.78 is 26.6. The Morgan fingerprint density at radius 1 is 1.31 bits per heavy atom. The molecule has 0 amide bonds. The van der Waals surface area contributed by atoms with Crippen molar-refractivity contribution in [2.24, 2.45) is 12.8 Å². The van der Waals surface area contributed by atoms with Gasteiger partial charge in [0.1, 0.15) is 0 Å². The van der Waals surface area contributed by atoms with Crippen LogP contribution in [-0.2, 0) is 13.5 Å². The van der Waals surface area contributed by atoms with E-state index in [1.165, 1.54) is 0 Å². The van der Waals surface area contributed by atoms with Gasteiger partial charge in [-0.05, 0) is 17.5 Å². The first-order valence-electron chi connectivity index (χ1n) is 5.16. The van der Waals surface area contributed by atoms with Gasteiger partial charge in [0.15, 0.2) is 0 Å². The predicted octanol–water partition coefficient (Wildman–Crippen LogP) is 2.31. The maximum atomic E-state index is 12.4. The largest absolute Gasteiger partial charge is 0.348 e. The number of hydrogen-bond donors (Lipinski definition) is 1. The van der Waals surface area contributed by atoms with Crippen molar-refractivity contribution in [3.63, 3.8) is 0 Å². The summed E-state index contributed by atoms with van der Waals surface area (Å²) in [6.07, 6.45) is -2.28. The second-order valence-corrected chi connectivity index (χ2v) is 3.96. The van der Waals surface area contributed by atoms with E-state index in [9.17, 15) is 8.78 Å². The molecule has 1 heterocycles. The van der Waals surface area contributed by atoms with Crippen LogP contribution in [0.3, 0.4) is 0 Å². The van der Waals surface area contributed by atoms with Crippen LogP contribution in [0.25, 0.3) is 10.9 Å². The number of benzene rings is 1. The molecule has 0 aliphatic carbocycles. The van der Waals surface area contributed by atoms with E-state index in [1.54, 1.807) is 0 Å². The first-order chi connectivity index (χ1) is 7.59. The van der Waals surface area contributed by atoms with Crippen LogP contribution in [-0.4, -0.2) is 17.0 Å². The fourth-order valence-corrected chi connectivity index (χ4v) is 1.87. The van der Waals surface area contributed by atoms with Crippen molar-refractivity contribution in [3.8, 4) is 0 Å². The maximum absolute atomic E-state index is 12.4. The molecule has 0 fully saturated rings. The Balaban J connectivity index is 2.35. The van der Waals surface area contributed by atoms with Crippen molar-refractivity contribution in [2.45, 2.75) is 18.9 Å². The molecule has 2 rings (SSSR count). The van der Waals surface area contributed by atoms with Crippen molar-refractivity contribution < 1.29 is 8.78 Å². The van der Waals surface area contributed by atoms with E-state index in [4.69, 9.17) is 5.73 Å². The zero-order chi connectivity index (χ0) is 11.7. The zero-order valence-electron chi connectivity index (χ0n) is 9.03. The monoisotopic (exact) mass is 224 g/mol. The molecule has 16 heavy (non-hydrogen) atoms. The van der Waals surface area contributed by atoms with Gasteiger partial charge in [0.2, 0.25) is 0 Å². The molecule has 4 heteroatoms. The van der Waals surface area contributed by atoms with E-state index in [1.807, 2.05) is 41.9 Å². The minimum absolute atomic E-state index is 0.197. The maximum Gasteiger partial charge on any atom is 0.253 e. The van der Waals surface area contributed by atoms with Crippen LogP contribution >= 0.6 is 0 Å². The van der Waals surface area contributed by atoms with Crippen molar-refractivity contribution in [3.05, 3.63) is 36.0 Å². The zero-order valence-corrected chi connectivity index (χ0v) is 9.03. The Morgan fingerprint density at radius 3 is 2.62 bits per heavy atom. The van der Waals surface area contributed by atoms with Crippen LogP contribution in [0, 0.1) is 0 Å². The lowest BCUT2D eigenvalue weighted by Gasteiger charge is -2.10. The van der Waals surface area contributed by atoms with Crippen LogP contribution in [0.1, 0.15) is 5.69 Å². The van der Waals surface area contributed by atoms with E-state index < -0.39 is 12.5 Å². The van der Waals surface area contributed by atoms with Gasteiger partial charge in [-0.1, -0.05) is 18.2 Å². The third-order valence-corrected chi connectivity index (χ3v) is 2.82. The molecule has 0 aliphatic rings. The first kappa shape index (κ1) is 11.1. The summed E-state index contributed by atoms with van der Waals surface area (Å²) in [5.41, 5.74) is 7.26. The minimum atomic E-state index is -2.47. The van der Waals surface area contributed by atoms with E-state index in [-0.39, 0.29) is 6.42 Å². The number of nitrogens with two attached hydrogens (primary N) is 1. The number of hydrogen-bond acceptors (Lipinski definition) is 1. The molecule has 1 atom stereocenters. The molecular formula is C12H14F2N2. The lowest BCUT2D eigenvalue weighted by molar-refractivity contribution is 0.115. The Hall–Kier alpha value is -1.42. The van der Waals surface area contributed by atoms with Crippen LogP contribution in [0.15, 0.2) is 30.3 Å². The number of nitrogens with zero attached hydrogens (tertiary/aromatic N) is 1. The number of para-hydroxylation sites is 1. The highest BCUT2D eigenvalue weighted by Gasteiger charge is 2.17. The van der Waals surface area contributed by atoms with E-state index in [0.717, 1.165) is 16.6 Å². The van der Waals surface area contributed by atoms with Gasteiger partial charge in [0.05, 0.1) is 6.04 Å². The van der Waals surface area contributed by atoms with Crippen molar-refractivity contribution in [1.29, 1.82) is 0 Å². The summed E-state index contributed by atoms with van der Waals surface area (Å²) in [6, 6.07) is 8.61. The SMILES string of the molecule is Cn1c(CC(N)C(F)F)cc2ccccc21. The molecule has 0 bridgehead atoms. The van der Waals surface area contributed by atoms with Gasteiger partial charge in [0, 0.05) is 24.7 Å². The number of halogens is 2. The molecule has 0 saturated carbocycles. The molecule has 0 saturated heterocycles. The molecule has 0 aliphatic heterocycles. The average molecular weight is 224 g/mol. The number of aryl methyl sites for hydroxylation is 1. The number of rotatable bonds is 3. The van der Waals surface area contributed by atoms with Crippen molar-refractivity contribution >= 4 is 10.9 Å². The molecule has 86 valence electrons. The van der Waals surface area contributed by atoms with Gasteiger partial charge in [-0.3, -0.25) is 0 Å². The van der Waals surface area contributed by atoms with Gasteiger partial charge in [-0.2, -0.15) is 0 Å². The fourth-order valence-electron chi connectivity index (χ4n) is 1.87. The predicted molar refractivity (Wildman–Crippen MR) is 60.6 cm³/mol. The van der Waals surface area contributed by atoms with E-state index >= 15 is 0 Å². The average Bonchev–Trinajstić information content (AvgIpc) is 2.56. The molecule has 0 radical (unpaired) electrons. The smallest absolute Gasteiger partial charge is 0.253 e. The molecular weight excluding hydrogens is 210 g/mol. The normalized spacial score (nSPS) is 13.6. The van der Waals surface area contributed by atoms with Crippen LogP contribution in [0.2, 0.25) is 0 Å². The lowest BCUT2D eigenvalue weighted by Crippen LogP contribution is -2.31. The molecule has 1 aromatic carbocycles. The highest BCUT2D eigenvalue weighted by atomic mass is 19.3.